The van der Waals surface area contributed by atoms with Gasteiger partial charge in [-0.15, -0.1) is 0 Å². The summed E-state index contributed by atoms with van der Waals surface area (Å²) in [6.07, 6.45) is 2.85. The molecule has 2 amide bonds. The molecule has 1 aromatic heterocycles. The van der Waals surface area contributed by atoms with Crippen molar-refractivity contribution in [1.82, 2.24) is 15.8 Å². The standard InChI is InChI=1S/C20H19N3O5S/c1-26-16-9-5-6-13(19(16)27-2)10-11-17(24)22-23-18(25)12-29-20-21-14-7-3-4-8-15(14)28-20/h3-11H,12H2,1-2H3,(H,22,24)(H,23,25)/b11-10+. The van der Waals surface area contributed by atoms with Gasteiger partial charge < -0.3 is 13.9 Å². The predicted molar refractivity (Wildman–Crippen MR) is 110 cm³/mol. The molecule has 0 spiro atoms. The number of hydrogen-bond donors (Lipinski definition) is 2. The molecule has 3 rings (SSSR count). The van der Waals surface area contributed by atoms with Crippen LogP contribution in [0.25, 0.3) is 17.2 Å². The number of aromatic nitrogens is 1. The largest absolute Gasteiger partial charge is 0.493 e. The molecule has 0 saturated carbocycles. The summed E-state index contributed by atoms with van der Waals surface area (Å²) in [7, 11) is 3.05. The van der Waals surface area contributed by atoms with E-state index in [1.165, 1.54) is 20.3 Å². The van der Waals surface area contributed by atoms with Gasteiger partial charge in [0.15, 0.2) is 17.1 Å². The van der Waals surface area contributed by atoms with E-state index in [1.807, 2.05) is 18.2 Å². The maximum absolute atomic E-state index is 11.9. The molecule has 0 aliphatic heterocycles. The highest BCUT2D eigenvalue weighted by Crippen LogP contribution is 2.31. The number of nitrogens with one attached hydrogen (secondary N) is 2. The molecule has 29 heavy (non-hydrogen) atoms. The minimum atomic E-state index is -0.491. The summed E-state index contributed by atoms with van der Waals surface area (Å²) in [5.41, 5.74) is 6.70. The van der Waals surface area contributed by atoms with Gasteiger partial charge in [0.05, 0.1) is 20.0 Å². The SMILES string of the molecule is COc1cccc(/C=C/C(=O)NNC(=O)CSc2nc3ccccc3o2)c1OC. The van der Waals surface area contributed by atoms with Crippen molar-refractivity contribution < 1.29 is 23.5 Å². The molecule has 0 aliphatic rings. The van der Waals surface area contributed by atoms with Gasteiger partial charge in [0, 0.05) is 11.6 Å². The lowest BCUT2D eigenvalue weighted by molar-refractivity contribution is -0.125. The fraction of sp³-hybridized carbons (Fsp3) is 0.150. The first-order chi connectivity index (χ1) is 14.1. The van der Waals surface area contributed by atoms with Crippen LogP contribution >= 0.6 is 11.8 Å². The van der Waals surface area contributed by atoms with E-state index in [9.17, 15) is 9.59 Å². The highest BCUT2D eigenvalue weighted by molar-refractivity contribution is 7.99. The van der Waals surface area contributed by atoms with Crippen molar-refractivity contribution in [3.8, 4) is 11.5 Å². The molecular formula is C20H19N3O5S. The smallest absolute Gasteiger partial charge is 0.262 e. The molecule has 2 aromatic carbocycles. The summed E-state index contributed by atoms with van der Waals surface area (Å²) in [5.74, 6) is 0.228. The van der Waals surface area contributed by atoms with Gasteiger partial charge in [0.25, 0.3) is 11.1 Å². The number of fused-ring (bicyclic) bond motifs is 1. The van der Waals surface area contributed by atoms with E-state index in [0.717, 1.165) is 17.3 Å². The molecule has 2 N–H and O–H groups in total. The lowest BCUT2D eigenvalue weighted by Crippen LogP contribution is -2.41. The molecule has 0 unspecified atom stereocenters. The molecule has 150 valence electrons. The second-order valence-electron chi connectivity index (χ2n) is 5.69. The zero-order valence-corrected chi connectivity index (χ0v) is 16.6. The molecule has 0 aliphatic carbocycles. The number of rotatable bonds is 7. The van der Waals surface area contributed by atoms with Crippen LogP contribution in [0.5, 0.6) is 11.5 Å². The number of carbonyl (C=O) groups is 2. The average molecular weight is 413 g/mol. The minimum absolute atomic E-state index is 0.0422. The zero-order valence-electron chi connectivity index (χ0n) is 15.8. The lowest BCUT2D eigenvalue weighted by atomic mass is 10.1. The summed E-state index contributed by atoms with van der Waals surface area (Å²) in [6, 6.07) is 12.6. The topological polar surface area (TPSA) is 103 Å². The molecule has 0 fully saturated rings. The summed E-state index contributed by atoms with van der Waals surface area (Å²) >= 11 is 1.14. The van der Waals surface area contributed by atoms with Crippen LogP contribution in [0, 0.1) is 0 Å². The number of ether oxygens (including phenoxy) is 2. The second kappa shape index (κ2) is 9.65. The molecule has 0 bridgehead atoms. The Morgan fingerprint density at radius 2 is 1.93 bits per heavy atom. The third kappa shape index (κ3) is 5.29. The molecule has 1 heterocycles. The van der Waals surface area contributed by atoms with E-state index in [-0.39, 0.29) is 5.75 Å². The molecule has 3 aromatic rings. The second-order valence-corrected chi connectivity index (χ2v) is 6.62. The molecule has 8 nitrogen and oxygen atoms in total. The van der Waals surface area contributed by atoms with Crippen LogP contribution in [0.4, 0.5) is 0 Å². The van der Waals surface area contributed by atoms with Crippen molar-refractivity contribution in [1.29, 1.82) is 0 Å². The Kier molecular flexibility index (Phi) is 6.75. The van der Waals surface area contributed by atoms with Gasteiger partial charge in [-0.25, -0.2) is 4.98 Å². The number of hydrazine groups is 1. The van der Waals surface area contributed by atoms with Crippen LogP contribution in [-0.2, 0) is 9.59 Å². The van der Waals surface area contributed by atoms with Gasteiger partial charge >= 0.3 is 0 Å². The number of methoxy groups -OCH3 is 2. The van der Waals surface area contributed by atoms with Crippen LogP contribution in [0.1, 0.15) is 5.56 Å². The Morgan fingerprint density at radius 1 is 1.10 bits per heavy atom. The number of carbonyl (C=O) groups excluding carboxylic acids is 2. The first-order valence-corrected chi connectivity index (χ1v) is 9.55. The van der Waals surface area contributed by atoms with Crippen LogP contribution < -0.4 is 20.3 Å². The number of nitrogens with zero attached hydrogens (tertiary/aromatic N) is 1. The van der Waals surface area contributed by atoms with Gasteiger partial charge in [-0.05, 0) is 24.3 Å². The van der Waals surface area contributed by atoms with E-state index in [1.54, 1.807) is 30.3 Å². The van der Waals surface area contributed by atoms with Crippen LogP contribution in [0.3, 0.4) is 0 Å². The maximum atomic E-state index is 11.9. The van der Waals surface area contributed by atoms with Gasteiger partial charge in [0.2, 0.25) is 5.91 Å². The minimum Gasteiger partial charge on any atom is -0.493 e. The van der Waals surface area contributed by atoms with Gasteiger partial charge in [-0.1, -0.05) is 36.0 Å². The van der Waals surface area contributed by atoms with Crippen LogP contribution in [0.2, 0.25) is 0 Å². The van der Waals surface area contributed by atoms with Gasteiger partial charge in [0.1, 0.15) is 5.52 Å². The zero-order chi connectivity index (χ0) is 20.6. The molecular weight excluding hydrogens is 394 g/mol. The first kappa shape index (κ1) is 20.3. The maximum Gasteiger partial charge on any atom is 0.262 e. The summed E-state index contributed by atoms with van der Waals surface area (Å²) in [6.45, 7) is 0. The number of oxazole rings is 1. The summed E-state index contributed by atoms with van der Waals surface area (Å²) in [5, 5.41) is 0.387. The van der Waals surface area contributed by atoms with E-state index in [0.29, 0.717) is 27.9 Å². The fourth-order valence-electron chi connectivity index (χ4n) is 2.46. The monoisotopic (exact) mass is 413 g/mol. The van der Waals surface area contributed by atoms with Gasteiger partial charge in [-0.3, -0.25) is 20.4 Å². The quantitative estimate of drug-likeness (QED) is 0.349. The Morgan fingerprint density at radius 3 is 2.69 bits per heavy atom. The number of para-hydroxylation sites is 3. The summed E-state index contributed by atoms with van der Waals surface area (Å²) < 4.78 is 16.0. The van der Waals surface area contributed by atoms with Crippen molar-refractivity contribution in [2.45, 2.75) is 5.22 Å². The van der Waals surface area contributed by atoms with Gasteiger partial charge in [-0.2, -0.15) is 0 Å². The fourth-order valence-corrected chi connectivity index (χ4v) is 3.10. The molecule has 0 atom stereocenters. The van der Waals surface area contributed by atoms with Crippen LogP contribution in [-0.4, -0.2) is 36.8 Å². The number of benzene rings is 2. The third-order valence-corrected chi connectivity index (χ3v) is 4.60. The Labute approximate surface area is 171 Å². The Hall–Kier alpha value is -3.46. The lowest BCUT2D eigenvalue weighted by Gasteiger charge is -2.09. The molecule has 0 radical (unpaired) electrons. The van der Waals surface area contributed by atoms with Crippen molar-refractivity contribution in [3.63, 3.8) is 0 Å². The summed E-state index contributed by atoms with van der Waals surface area (Å²) in [4.78, 5) is 28.1. The van der Waals surface area contributed by atoms with E-state index in [4.69, 9.17) is 13.9 Å². The Bertz CT molecular complexity index is 1010. The normalized spacial score (nSPS) is 10.8. The van der Waals surface area contributed by atoms with Crippen LogP contribution in [0.15, 0.2) is 58.2 Å². The number of thioether (sulfide) groups is 1. The van der Waals surface area contributed by atoms with Crippen molar-refractivity contribution >= 4 is 40.8 Å². The van der Waals surface area contributed by atoms with E-state index < -0.39 is 11.8 Å². The molecule has 0 saturated heterocycles. The van der Waals surface area contributed by atoms with Crippen molar-refractivity contribution in [2.75, 3.05) is 20.0 Å². The highest BCUT2D eigenvalue weighted by Gasteiger charge is 2.10. The van der Waals surface area contributed by atoms with Crippen molar-refractivity contribution in [2.24, 2.45) is 0 Å². The number of amides is 2. The highest BCUT2D eigenvalue weighted by atomic mass is 32.2. The van der Waals surface area contributed by atoms with E-state index in [2.05, 4.69) is 15.8 Å². The Balaban J connectivity index is 1.48. The van der Waals surface area contributed by atoms with Crippen molar-refractivity contribution in [3.05, 3.63) is 54.1 Å². The molecule has 9 heteroatoms. The average Bonchev–Trinajstić information content (AvgIpc) is 3.17. The first-order valence-electron chi connectivity index (χ1n) is 8.57. The van der Waals surface area contributed by atoms with E-state index >= 15 is 0 Å². The third-order valence-electron chi connectivity index (χ3n) is 3.77. The number of hydrogen-bond acceptors (Lipinski definition) is 7. The predicted octanol–water partition coefficient (Wildman–Crippen LogP) is 2.80.